The SMILES string of the molecule is CCOc1ccccc1Nc1ncc(-c2ccc(Cl)c(O[C@@H](C)Cn3cnnn3)c2)cn1. The van der Waals surface area contributed by atoms with Crippen LogP contribution < -0.4 is 14.8 Å². The Morgan fingerprint density at radius 3 is 2.62 bits per heavy atom. The summed E-state index contributed by atoms with van der Waals surface area (Å²) >= 11 is 6.34. The summed E-state index contributed by atoms with van der Waals surface area (Å²) in [6.07, 6.45) is 4.85. The zero-order valence-electron chi connectivity index (χ0n) is 17.6. The number of nitrogens with one attached hydrogen (secondary N) is 1. The Labute approximate surface area is 190 Å². The van der Waals surface area contributed by atoms with E-state index in [4.69, 9.17) is 21.1 Å². The van der Waals surface area contributed by atoms with E-state index in [-0.39, 0.29) is 6.10 Å². The van der Waals surface area contributed by atoms with E-state index in [1.165, 1.54) is 6.33 Å². The molecule has 2 aromatic heterocycles. The lowest BCUT2D eigenvalue weighted by Crippen LogP contribution is -2.20. The van der Waals surface area contributed by atoms with E-state index in [1.807, 2.05) is 50.2 Å². The van der Waals surface area contributed by atoms with Crippen LogP contribution in [0.2, 0.25) is 5.02 Å². The van der Waals surface area contributed by atoms with Gasteiger partial charge < -0.3 is 14.8 Å². The van der Waals surface area contributed by atoms with Crippen LogP contribution in [0.1, 0.15) is 13.8 Å². The number of nitrogens with zero attached hydrogens (tertiary/aromatic N) is 6. The summed E-state index contributed by atoms with van der Waals surface area (Å²) in [5.41, 5.74) is 2.53. The van der Waals surface area contributed by atoms with E-state index in [2.05, 4.69) is 30.8 Å². The Bertz CT molecular complexity index is 1150. The molecule has 9 nitrogen and oxygen atoms in total. The van der Waals surface area contributed by atoms with Crippen molar-refractivity contribution in [3.63, 3.8) is 0 Å². The Morgan fingerprint density at radius 1 is 1.06 bits per heavy atom. The molecule has 4 aromatic rings. The van der Waals surface area contributed by atoms with Crippen LogP contribution in [-0.4, -0.2) is 42.9 Å². The van der Waals surface area contributed by atoms with Gasteiger partial charge in [0.2, 0.25) is 5.95 Å². The van der Waals surface area contributed by atoms with E-state index >= 15 is 0 Å². The maximum absolute atomic E-state index is 6.34. The largest absolute Gasteiger partial charge is 0.492 e. The van der Waals surface area contributed by atoms with Gasteiger partial charge in [-0.3, -0.25) is 0 Å². The van der Waals surface area contributed by atoms with E-state index < -0.39 is 0 Å². The quantitative estimate of drug-likeness (QED) is 0.400. The first-order chi connectivity index (χ1) is 15.6. The molecule has 0 unspecified atom stereocenters. The number of rotatable bonds is 9. The topological polar surface area (TPSA) is 99.9 Å². The number of aromatic nitrogens is 6. The van der Waals surface area contributed by atoms with Crippen molar-refractivity contribution in [2.75, 3.05) is 11.9 Å². The van der Waals surface area contributed by atoms with Gasteiger partial charge in [-0.2, -0.15) is 0 Å². The van der Waals surface area contributed by atoms with Crippen LogP contribution in [0.5, 0.6) is 11.5 Å². The third-order valence-corrected chi connectivity index (χ3v) is 4.83. The van der Waals surface area contributed by atoms with Crippen molar-refractivity contribution in [2.24, 2.45) is 0 Å². The van der Waals surface area contributed by atoms with Gasteiger partial charge in [0, 0.05) is 18.0 Å². The van der Waals surface area contributed by atoms with Gasteiger partial charge in [-0.25, -0.2) is 14.6 Å². The third-order valence-electron chi connectivity index (χ3n) is 4.51. The molecular weight excluding hydrogens is 430 g/mol. The number of hydrogen-bond donors (Lipinski definition) is 1. The van der Waals surface area contributed by atoms with Crippen molar-refractivity contribution < 1.29 is 9.47 Å². The van der Waals surface area contributed by atoms with Crippen LogP contribution in [0.3, 0.4) is 0 Å². The molecule has 0 bridgehead atoms. The predicted octanol–water partition coefficient (Wildman–Crippen LogP) is 4.39. The molecule has 1 atom stereocenters. The lowest BCUT2D eigenvalue weighted by atomic mass is 10.1. The number of halogens is 1. The molecule has 1 N–H and O–H groups in total. The Hall–Kier alpha value is -3.72. The Morgan fingerprint density at radius 2 is 1.88 bits per heavy atom. The van der Waals surface area contributed by atoms with Gasteiger partial charge in [-0.1, -0.05) is 29.8 Å². The number of para-hydroxylation sites is 2. The molecular formula is C22H22ClN7O2. The summed E-state index contributed by atoms with van der Waals surface area (Å²) in [7, 11) is 0. The summed E-state index contributed by atoms with van der Waals surface area (Å²) < 4.78 is 13.2. The predicted molar refractivity (Wildman–Crippen MR) is 121 cm³/mol. The van der Waals surface area contributed by atoms with Crippen molar-refractivity contribution in [1.29, 1.82) is 0 Å². The van der Waals surface area contributed by atoms with Crippen LogP contribution >= 0.6 is 11.6 Å². The Kier molecular flexibility index (Phi) is 6.76. The van der Waals surface area contributed by atoms with Crippen molar-refractivity contribution in [3.05, 3.63) is 66.2 Å². The van der Waals surface area contributed by atoms with E-state index in [1.54, 1.807) is 23.1 Å². The normalized spacial score (nSPS) is 11.7. The van der Waals surface area contributed by atoms with E-state index in [0.717, 1.165) is 22.6 Å². The molecule has 0 saturated heterocycles. The fraction of sp³-hybridized carbons (Fsp3) is 0.227. The highest BCUT2D eigenvalue weighted by Crippen LogP contribution is 2.32. The molecule has 0 fully saturated rings. The van der Waals surface area contributed by atoms with Gasteiger partial charge in [0.05, 0.1) is 23.9 Å². The first-order valence-corrected chi connectivity index (χ1v) is 10.5. The maximum atomic E-state index is 6.34. The molecule has 0 aliphatic rings. The highest BCUT2D eigenvalue weighted by molar-refractivity contribution is 6.32. The van der Waals surface area contributed by atoms with Gasteiger partial charge in [-0.15, -0.1) is 5.10 Å². The van der Waals surface area contributed by atoms with Crippen molar-refractivity contribution in [2.45, 2.75) is 26.5 Å². The molecule has 164 valence electrons. The molecule has 0 spiro atoms. The maximum Gasteiger partial charge on any atom is 0.227 e. The zero-order valence-corrected chi connectivity index (χ0v) is 18.4. The molecule has 0 amide bonds. The smallest absolute Gasteiger partial charge is 0.227 e. The van der Waals surface area contributed by atoms with Crippen LogP contribution in [0, 0.1) is 0 Å². The van der Waals surface area contributed by atoms with Gasteiger partial charge in [0.25, 0.3) is 0 Å². The lowest BCUT2D eigenvalue weighted by molar-refractivity contribution is 0.193. The molecule has 0 saturated carbocycles. The van der Waals surface area contributed by atoms with Crippen LogP contribution in [0.25, 0.3) is 11.1 Å². The van der Waals surface area contributed by atoms with Gasteiger partial charge in [-0.05, 0) is 54.1 Å². The fourth-order valence-electron chi connectivity index (χ4n) is 3.07. The Balaban J connectivity index is 1.47. The van der Waals surface area contributed by atoms with Gasteiger partial charge >= 0.3 is 0 Å². The molecule has 10 heteroatoms. The van der Waals surface area contributed by atoms with Gasteiger partial charge in [0.1, 0.15) is 23.9 Å². The first-order valence-electron chi connectivity index (χ1n) is 10.1. The second-order valence-corrected chi connectivity index (χ2v) is 7.36. The minimum absolute atomic E-state index is 0.181. The molecule has 0 aliphatic carbocycles. The number of tetrazole rings is 1. The highest BCUT2D eigenvalue weighted by Gasteiger charge is 2.12. The monoisotopic (exact) mass is 451 g/mol. The van der Waals surface area contributed by atoms with Crippen molar-refractivity contribution in [3.8, 4) is 22.6 Å². The molecule has 2 heterocycles. The van der Waals surface area contributed by atoms with Gasteiger partial charge in [0.15, 0.2) is 0 Å². The zero-order chi connectivity index (χ0) is 22.3. The fourth-order valence-corrected chi connectivity index (χ4v) is 3.23. The third kappa shape index (κ3) is 5.30. The second-order valence-electron chi connectivity index (χ2n) is 6.96. The molecule has 0 radical (unpaired) electrons. The highest BCUT2D eigenvalue weighted by atomic mass is 35.5. The average molecular weight is 452 g/mol. The number of hydrogen-bond acceptors (Lipinski definition) is 8. The minimum Gasteiger partial charge on any atom is -0.492 e. The minimum atomic E-state index is -0.181. The van der Waals surface area contributed by atoms with Crippen LogP contribution in [0.15, 0.2) is 61.2 Å². The van der Waals surface area contributed by atoms with E-state index in [9.17, 15) is 0 Å². The molecule has 2 aromatic carbocycles. The van der Waals surface area contributed by atoms with Crippen molar-refractivity contribution in [1.82, 2.24) is 30.2 Å². The summed E-state index contributed by atoms with van der Waals surface area (Å²) in [6.45, 7) is 4.95. The second kappa shape index (κ2) is 10.1. The number of anilines is 2. The lowest BCUT2D eigenvalue weighted by Gasteiger charge is -2.16. The average Bonchev–Trinajstić information content (AvgIpc) is 3.30. The van der Waals surface area contributed by atoms with E-state index in [0.29, 0.717) is 29.9 Å². The number of ether oxygens (including phenoxy) is 2. The summed E-state index contributed by atoms with van der Waals surface area (Å²) in [5, 5.41) is 14.8. The molecule has 4 rings (SSSR count). The first kappa shape index (κ1) is 21.5. The summed E-state index contributed by atoms with van der Waals surface area (Å²) in [6, 6.07) is 13.2. The standard InChI is InChI=1S/C22H22ClN7O2/c1-3-31-20-7-5-4-6-19(20)27-22-24-11-17(12-25-22)16-8-9-18(23)21(10-16)32-15(2)13-30-14-26-28-29-30/h4-12,14-15H,3,13H2,1-2H3,(H,24,25,27)/t15-/m0/s1. The van der Waals surface area contributed by atoms with Crippen LogP contribution in [0.4, 0.5) is 11.6 Å². The summed E-state index contributed by atoms with van der Waals surface area (Å²) in [5.74, 6) is 1.79. The van der Waals surface area contributed by atoms with Crippen molar-refractivity contribution >= 4 is 23.2 Å². The van der Waals surface area contributed by atoms with Crippen LogP contribution in [-0.2, 0) is 6.54 Å². The summed E-state index contributed by atoms with van der Waals surface area (Å²) in [4.78, 5) is 8.87. The number of benzene rings is 2. The molecule has 32 heavy (non-hydrogen) atoms. The molecule has 0 aliphatic heterocycles.